The van der Waals surface area contributed by atoms with E-state index in [1.54, 1.807) is 4.90 Å². The van der Waals surface area contributed by atoms with Crippen molar-refractivity contribution >= 4 is 21.7 Å². The molecule has 1 rings (SSSR count). The average Bonchev–Trinajstić information content (AvgIpc) is 2.34. The lowest BCUT2D eigenvalue weighted by atomic mass is 10.1. The third-order valence-corrected chi connectivity index (χ3v) is 5.40. The number of nitrogens with zero attached hydrogens (tertiary/aromatic N) is 1. The predicted molar refractivity (Wildman–Crippen MR) is 81.5 cm³/mol. The van der Waals surface area contributed by atoms with Crippen LogP contribution < -0.4 is 5.32 Å². The van der Waals surface area contributed by atoms with Gasteiger partial charge in [0.05, 0.1) is 11.5 Å². The average molecular weight is 318 g/mol. The standard InChI is InChI=1S/C14H26N2O4S/c1-11(2)10-21(19,20)8-6-14(18)16-7-4-5-13(9-16)15-12(3)17/h11,13H,4-10H2,1-3H3,(H,15,17). The molecule has 2 amide bonds. The van der Waals surface area contributed by atoms with Crippen molar-refractivity contribution in [3.63, 3.8) is 0 Å². The van der Waals surface area contributed by atoms with Gasteiger partial charge in [0.15, 0.2) is 9.84 Å². The van der Waals surface area contributed by atoms with Crippen LogP contribution in [0.15, 0.2) is 0 Å². The summed E-state index contributed by atoms with van der Waals surface area (Å²) < 4.78 is 23.6. The van der Waals surface area contributed by atoms with Crippen molar-refractivity contribution in [1.82, 2.24) is 10.2 Å². The summed E-state index contributed by atoms with van der Waals surface area (Å²) in [6, 6.07) is -0.0209. The van der Waals surface area contributed by atoms with Gasteiger partial charge in [0.25, 0.3) is 0 Å². The zero-order chi connectivity index (χ0) is 16.0. The Kier molecular flexibility index (Phi) is 6.64. The third kappa shape index (κ3) is 6.93. The number of likely N-dealkylation sites (tertiary alicyclic amines) is 1. The minimum atomic E-state index is -3.16. The molecule has 0 aliphatic carbocycles. The monoisotopic (exact) mass is 318 g/mol. The number of carbonyl (C=O) groups excluding carboxylic acids is 2. The smallest absolute Gasteiger partial charge is 0.223 e. The van der Waals surface area contributed by atoms with Gasteiger partial charge in [-0.05, 0) is 18.8 Å². The number of nitrogens with one attached hydrogen (secondary N) is 1. The molecule has 1 atom stereocenters. The van der Waals surface area contributed by atoms with Gasteiger partial charge in [0, 0.05) is 32.5 Å². The first-order chi connectivity index (χ1) is 9.69. The fourth-order valence-corrected chi connectivity index (χ4v) is 4.27. The number of piperidine rings is 1. The Hall–Kier alpha value is -1.11. The van der Waals surface area contributed by atoms with Crippen LogP contribution in [0.25, 0.3) is 0 Å². The van der Waals surface area contributed by atoms with Gasteiger partial charge in [0.1, 0.15) is 0 Å². The number of sulfone groups is 1. The molecule has 0 aromatic carbocycles. The molecule has 1 N–H and O–H groups in total. The van der Waals surface area contributed by atoms with Crippen molar-refractivity contribution in [1.29, 1.82) is 0 Å². The Labute approximate surface area is 127 Å². The zero-order valence-corrected chi connectivity index (χ0v) is 13.9. The quantitative estimate of drug-likeness (QED) is 0.776. The van der Waals surface area contributed by atoms with E-state index in [4.69, 9.17) is 0 Å². The minimum Gasteiger partial charge on any atom is -0.352 e. The van der Waals surface area contributed by atoms with Crippen molar-refractivity contribution in [3.05, 3.63) is 0 Å². The number of carbonyl (C=O) groups is 2. The second-order valence-corrected chi connectivity index (χ2v) is 8.37. The van der Waals surface area contributed by atoms with Gasteiger partial charge in [-0.25, -0.2) is 8.42 Å². The molecule has 0 radical (unpaired) electrons. The lowest BCUT2D eigenvalue weighted by Crippen LogP contribution is -2.49. The second kappa shape index (κ2) is 7.77. The highest BCUT2D eigenvalue weighted by molar-refractivity contribution is 7.91. The molecule has 1 saturated heterocycles. The lowest BCUT2D eigenvalue weighted by Gasteiger charge is -2.33. The Morgan fingerprint density at radius 3 is 2.57 bits per heavy atom. The first-order valence-corrected chi connectivity index (χ1v) is 9.27. The van der Waals surface area contributed by atoms with Crippen LogP contribution in [-0.4, -0.2) is 55.8 Å². The van der Waals surface area contributed by atoms with E-state index >= 15 is 0 Å². The molecule has 0 aromatic rings. The fourth-order valence-electron chi connectivity index (χ4n) is 2.60. The molecule has 21 heavy (non-hydrogen) atoms. The Bertz CT molecular complexity index is 473. The van der Waals surface area contributed by atoms with Crippen LogP contribution in [0.2, 0.25) is 0 Å². The molecule has 6 nitrogen and oxygen atoms in total. The summed E-state index contributed by atoms with van der Waals surface area (Å²) in [4.78, 5) is 24.8. The maximum Gasteiger partial charge on any atom is 0.223 e. The van der Waals surface area contributed by atoms with Crippen molar-refractivity contribution in [3.8, 4) is 0 Å². The van der Waals surface area contributed by atoms with Gasteiger partial charge < -0.3 is 10.2 Å². The number of hydrogen-bond donors (Lipinski definition) is 1. The van der Waals surface area contributed by atoms with Gasteiger partial charge in [-0.15, -0.1) is 0 Å². The minimum absolute atomic E-state index is 0.0209. The number of hydrogen-bond acceptors (Lipinski definition) is 4. The number of rotatable bonds is 6. The summed E-state index contributed by atoms with van der Waals surface area (Å²) in [5, 5.41) is 2.81. The molecule has 1 fully saturated rings. The van der Waals surface area contributed by atoms with Crippen LogP contribution >= 0.6 is 0 Å². The van der Waals surface area contributed by atoms with E-state index in [2.05, 4.69) is 5.32 Å². The SMILES string of the molecule is CC(=O)NC1CCCN(C(=O)CCS(=O)(=O)CC(C)C)C1. The van der Waals surface area contributed by atoms with Crippen LogP contribution in [0.5, 0.6) is 0 Å². The fraction of sp³-hybridized carbons (Fsp3) is 0.857. The summed E-state index contributed by atoms with van der Waals surface area (Å²) in [5.74, 6) is -0.143. The van der Waals surface area contributed by atoms with Crippen LogP contribution in [0.3, 0.4) is 0 Å². The molecule has 0 bridgehead atoms. The van der Waals surface area contributed by atoms with Crippen LogP contribution in [0.4, 0.5) is 0 Å². The molecular weight excluding hydrogens is 292 g/mol. The molecule has 1 unspecified atom stereocenters. The maximum atomic E-state index is 12.1. The second-order valence-electron chi connectivity index (χ2n) is 6.14. The Morgan fingerprint density at radius 1 is 1.33 bits per heavy atom. The van der Waals surface area contributed by atoms with Gasteiger partial charge in [-0.1, -0.05) is 13.8 Å². The van der Waals surface area contributed by atoms with Gasteiger partial charge >= 0.3 is 0 Å². The normalized spacial score (nSPS) is 19.6. The molecule has 0 saturated carbocycles. The van der Waals surface area contributed by atoms with E-state index in [1.165, 1.54) is 6.92 Å². The summed E-state index contributed by atoms with van der Waals surface area (Å²) in [6.07, 6.45) is 1.71. The summed E-state index contributed by atoms with van der Waals surface area (Å²) in [6.45, 7) is 6.27. The Morgan fingerprint density at radius 2 is 2.00 bits per heavy atom. The molecule has 1 heterocycles. The molecule has 0 aromatic heterocycles. The summed E-state index contributed by atoms with van der Waals surface area (Å²) >= 11 is 0. The predicted octanol–water partition coefficient (Wildman–Crippen LogP) is 0.574. The van der Waals surface area contributed by atoms with Crippen LogP contribution in [0, 0.1) is 5.92 Å². The topological polar surface area (TPSA) is 83.6 Å². The van der Waals surface area contributed by atoms with Crippen LogP contribution in [0.1, 0.15) is 40.0 Å². The molecule has 122 valence electrons. The van der Waals surface area contributed by atoms with Crippen molar-refractivity contribution in [2.75, 3.05) is 24.6 Å². The molecule has 1 aliphatic rings. The van der Waals surface area contributed by atoms with Gasteiger partial charge in [-0.2, -0.15) is 0 Å². The number of amides is 2. The highest BCUT2D eigenvalue weighted by Crippen LogP contribution is 2.12. The molecule has 7 heteroatoms. The Balaban J connectivity index is 2.46. The van der Waals surface area contributed by atoms with Crippen LogP contribution in [-0.2, 0) is 19.4 Å². The van der Waals surface area contributed by atoms with E-state index in [0.29, 0.717) is 13.1 Å². The van der Waals surface area contributed by atoms with E-state index in [9.17, 15) is 18.0 Å². The van der Waals surface area contributed by atoms with Gasteiger partial charge in [-0.3, -0.25) is 9.59 Å². The van der Waals surface area contributed by atoms with E-state index < -0.39 is 9.84 Å². The van der Waals surface area contributed by atoms with Gasteiger partial charge in [0.2, 0.25) is 11.8 Å². The maximum absolute atomic E-state index is 12.1. The largest absolute Gasteiger partial charge is 0.352 e. The van der Waals surface area contributed by atoms with Crippen molar-refractivity contribution in [2.24, 2.45) is 5.92 Å². The van der Waals surface area contributed by atoms with E-state index in [1.807, 2.05) is 13.8 Å². The first-order valence-electron chi connectivity index (χ1n) is 7.45. The highest BCUT2D eigenvalue weighted by Gasteiger charge is 2.25. The van der Waals surface area contributed by atoms with E-state index in [0.717, 1.165) is 12.8 Å². The summed E-state index contributed by atoms with van der Waals surface area (Å²) in [7, 11) is -3.16. The first kappa shape index (κ1) is 17.9. The molecule has 0 spiro atoms. The molecular formula is C14H26N2O4S. The highest BCUT2D eigenvalue weighted by atomic mass is 32.2. The van der Waals surface area contributed by atoms with Crippen molar-refractivity contribution in [2.45, 2.75) is 46.1 Å². The third-order valence-electron chi connectivity index (χ3n) is 3.40. The van der Waals surface area contributed by atoms with Crippen molar-refractivity contribution < 1.29 is 18.0 Å². The summed E-state index contributed by atoms with van der Waals surface area (Å²) in [5.41, 5.74) is 0. The zero-order valence-electron chi connectivity index (χ0n) is 13.1. The molecule has 1 aliphatic heterocycles. The lowest BCUT2D eigenvalue weighted by molar-refractivity contribution is -0.133. The van der Waals surface area contributed by atoms with E-state index in [-0.39, 0.29) is 41.7 Å².